The summed E-state index contributed by atoms with van der Waals surface area (Å²) in [5.41, 5.74) is 4.92. The van der Waals surface area contributed by atoms with Gasteiger partial charge in [0.2, 0.25) is 0 Å². The molecule has 118 valence electrons. The lowest BCUT2D eigenvalue weighted by Gasteiger charge is -2.08. The first-order chi connectivity index (χ1) is 11.8. The smallest absolute Gasteiger partial charge is 0.324 e. The van der Waals surface area contributed by atoms with Gasteiger partial charge in [0.05, 0.1) is 18.2 Å². The summed E-state index contributed by atoms with van der Waals surface area (Å²) in [4.78, 5) is 1.23. The molecule has 0 fully saturated rings. The highest BCUT2D eigenvalue weighted by Crippen LogP contribution is 2.32. The molecule has 1 aromatic heterocycles. The molecule has 0 saturated heterocycles. The molecule has 0 aliphatic carbocycles. The largest absolute Gasteiger partial charge is 0.427 e. The first-order valence-corrected chi connectivity index (χ1v) is 9.11. The van der Waals surface area contributed by atoms with Crippen LogP contribution < -0.4 is 5.46 Å². The van der Waals surface area contributed by atoms with E-state index in [9.17, 15) is 0 Å². The summed E-state index contributed by atoms with van der Waals surface area (Å²) in [6, 6.07) is 17.2. The minimum absolute atomic E-state index is 0.159. The maximum atomic E-state index is 8.77. The first-order valence-electron chi connectivity index (χ1n) is 8.12. The standard InChI is InChI=1S/C19H17BN2OS/c1-20-17-11-15(8-7-14(17)13-23-20)22-12-19(24-10-4-9-21)16-5-2-3-6-18(16)22/h2-3,5-8,11-12H,4,10,13H2,1H3. The highest BCUT2D eigenvalue weighted by Gasteiger charge is 2.23. The summed E-state index contributed by atoms with van der Waals surface area (Å²) in [6.07, 6.45) is 2.76. The Balaban J connectivity index is 1.80. The van der Waals surface area contributed by atoms with E-state index >= 15 is 0 Å². The molecule has 0 atom stereocenters. The van der Waals surface area contributed by atoms with Gasteiger partial charge in [-0.05, 0) is 29.2 Å². The number of rotatable bonds is 4. The minimum atomic E-state index is 0.159. The fourth-order valence-electron chi connectivity index (χ4n) is 3.23. The topological polar surface area (TPSA) is 38.0 Å². The van der Waals surface area contributed by atoms with Crippen molar-refractivity contribution < 1.29 is 4.65 Å². The van der Waals surface area contributed by atoms with Crippen molar-refractivity contribution in [3.63, 3.8) is 0 Å². The van der Waals surface area contributed by atoms with Crippen molar-refractivity contribution in [2.24, 2.45) is 0 Å². The summed E-state index contributed by atoms with van der Waals surface area (Å²) in [7, 11) is 0. The zero-order valence-electron chi connectivity index (χ0n) is 13.5. The highest BCUT2D eigenvalue weighted by atomic mass is 32.2. The number of nitrogens with zero attached hydrogens (tertiary/aromatic N) is 2. The fraction of sp³-hybridized carbons (Fsp3) is 0.211. The lowest BCUT2D eigenvalue weighted by Crippen LogP contribution is -2.24. The molecule has 3 aromatic rings. The Morgan fingerprint density at radius 3 is 3.04 bits per heavy atom. The van der Waals surface area contributed by atoms with Crippen molar-refractivity contribution in [1.29, 1.82) is 5.26 Å². The van der Waals surface area contributed by atoms with Gasteiger partial charge in [0.1, 0.15) is 0 Å². The summed E-state index contributed by atoms with van der Waals surface area (Å²) >= 11 is 1.75. The van der Waals surface area contributed by atoms with E-state index in [1.165, 1.54) is 26.8 Å². The Kier molecular flexibility index (Phi) is 4.09. The van der Waals surface area contributed by atoms with E-state index in [4.69, 9.17) is 9.92 Å². The van der Waals surface area contributed by atoms with Crippen molar-refractivity contribution in [3.8, 4) is 11.8 Å². The monoisotopic (exact) mass is 332 g/mol. The number of hydrogen-bond acceptors (Lipinski definition) is 3. The van der Waals surface area contributed by atoms with Gasteiger partial charge in [-0.3, -0.25) is 0 Å². The molecule has 2 aromatic carbocycles. The third-order valence-corrected chi connectivity index (χ3v) is 5.53. The lowest BCUT2D eigenvalue weighted by molar-refractivity contribution is 0.333. The van der Waals surface area contributed by atoms with Crippen molar-refractivity contribution in [2.45, 2.75) is 24.7 Å². The van der Waals surface area contributed by atoms with Crippen LogP contribution in [0.4, 0.5) is 0 Å². The maximum absolute atomic E-state index is 8.77. The quantitative estimate of drug-likeness (QED) is 0.412. The summed E-state index contributed by atoms with van der Waals surface area (Å²) in [5, 5.41) is 10.0. The van der Waals surface area contributed by atoms with Gasteiger partial charge in [-0.2, -0.15) is 5.26 Å². The Hall–Kier alpha value is -2.16. The molecular weight excluding hydrogens is 315 g/mol. The number of nitriles is 1. The van der Waals surface area contributed by atoms with Gasteiger partial charge in [-0.25, -0.2) is 0 Å². The third-order valence-electron chi connectivity index (χ3n) is 4.48. The van der Waals surface area contributed by atoms with Gasteiger partial charge in [0, 0.05) is 34.3 Å². The summed E-state index contributed by atoms with van der Waals surface area (Å²) < 4.78 is 7.97. The first kappa shape index (κ1) is 15.4. The van der Waals surface area contributed by atoms with Crippen LogP contribution in [0.1, 0.15) is 12.0 Å². The van der Waals surface area contributed by atoms with Crippen LogP contribution in [-0.2, 0) is 11.3 Å². The molecule has 5 heteroatoms. The second-order valence-corrected chi connectivity index (χ2v) is 7.11. The van der Waals surface area contributed by atoms with Crippen LogP contribution in [-0.4, -0.2) is 17.2 Å². The molecular formula is C19H17BN2OS. The van der Waals surface area contributed by atoms with Crippen LogP contribution in [0.5, 0.6) is 0 Å². The van der Waals surface area contributed by atoms with Crippen molar-refractivity contribution in [1.82, 2.24) is 4.57 Å². The number of aromatic nitrogens is 1. The van der Waals surface area contributed by atoms with Crippen LogP contribution in [0.2, 0.25) is 6.82 Å². The fourth-order valence-corrected chi connectivity index (χ4v) is 4.15. The highest BCUT2D eigenvalue weighted by molar-refractivity contribution is 7.99. The normalized spacial score (nSPS) is 13.2. The molecule has 0 bridgehead atoms. The molecule has 4 rings (SSSR count). The van der Waals surface area contributed by atoms with E-state index in [0.29, 0.717) is 13.0 Å². The van der Waals surface area contributed by atoms with Crippen molar-refractivity contribution in [2.75, 3.05) is 5.75 Å². The van der Waals surface area contributed by atoms with Gasteiger partial charge in [0.25, 0.3) is 0 Å². The average Bonchev–Trinajstić information content (AvgIpc) is 3.17. The van der Waals surface area contributed by atoms with Crippen LogP contribution in [0.3, 0.4) is 0 Å². The van der Waals surface area contributed by atoms with Gasteiger partial charge >= 0.3 is 6.92 Å². The van der Waals surface area contributed by atoms with Crippen molar-refractivity contribution in [3.05, 3.63) is 54.2 Å². The lowest BCUT2D eigenvalue weighted by atomic mass is 9.64. The Morgan fingerprint density at radius 2 is 2.17 bits per heavy atom. The Bertz CT molecular complexity index is 944. The Morgan fingerprint density at radius 1 is 1.29 bits per heavy atom. The van der Waals surface area contributed by atoms with Gasteiger partial charge < -0.3 is 9.22 Å². The van der Waals surface area contributed by atoms with E-state index in [1.54, 1.807) is 11.8 Å². The summed E-state index contributed by atoms with van der Waals surface area (Å²) in [5.74, 6) is 0.819. The molecule has 0 unspecified atom stereocenters. The van der Waals surface area contributed by atoms with E-state index in [0.717, 1.165) is 11.4 Å². The zero-order chi connectivity index (χ0) is 16.5. The van der Waals surface area contributed by atoms with Gasteiger partial charge in [0.15, 0.2) is 0 Å². The van der Waals surface area contributed by atoms with Crippen LogP contribution in [0.25, 0.3) is 16.6 Å². The molecule has 0 N–H and O–H groups in total. The summed E-state index contributed by atoms with van der Waals surface area (Å²) in [6.45, 7) is 2.97. The van der Waals surface area contributed by atoms with Gasteiger partial charge in [-0.1, -0.05) is 31.1 Å². The molecule has 24 heavy (non-hydrogen) atoms. The second-order valence-electron chi connectivity index (χ2n) is 5.97. The van der Waals surface area contributed by atoms with E-state index in [-0.39, 0.29) is 6.92 Å². The van der Waals surface area contributed by atoms with Crippen LogP contribution >= 0.6 is 11.8 Å². The third kappa shape index (κ3) is 2.62. The number of para-hydroxylation sites is 1. The molecule has 0 amide bonds. The van der Waals surface area contributed by atoms with E-state index in [1.807, 2.05) is 0 Å². The molecule has 1 aliphatic heterocycles. The minimum Gasteiger partial charge on any atom is -0.427 e. The molecule has 0 radical (unpaired) electrons. The SMILES string of the molecule is CB1OCc2ccc(-n3cc(SCCC#N)c4ccccc43)cc21. The maximum Gasteiger partial charge on any atom is 0.324 e. The van der Waals surface area contributed by atoms with Crippen LogP contribution in [0, 0.1) is 11.3 Å². The molecule has 3 nitrogen and oxygen atoms in total. The Labute approximate surface area is 146 Å². The number of hydrogen-bond donors (Lipinski definition) is 0. The van der Waals surface area contributed by atoms with Crippen molar-refractivity contribution >= 4 is 35.0 Å². The molecule has 1 aliphatic rings. The molecule has 0 spiro atoms. The van der Waals surface area contributed by atoms with E-state index < -0.39 is 0 Å². The molecule has 0 saturated carbocycles. The number of thioether (sulfide) groups is 1. The van der Waals surface area contributed by atoms with Gasteiger partial charge in [-0.15, -0.1) is 11.8 Å². The second kappa shape index (κ2) is 6.39. The number of fused-ring (bicyclic) bond motifs is 2. The molecule has 2 heterocycles. The van der Waals surface area contributed by atoms with E-state index in [2.05, 4.69) is 66.1 Å². The van der Waals surface area contributed by atoms with Crippen LogP contribution in [0.15, 0.2) is 53.6 Å². The predicted molar refractivity (Wildman–Crippen MR) is 100 cm³/mol. The predicted octanol–water partition coefficient (Wildman–Crippen LogP) is 3.99. The zero-order valence-corrected chi connectivity index (χ0v) is 14.3. The number of benzene rings is 2. The average molecular weight is 332 g/mol.